The van der Waals surface area contributed by atoms with Crippen LogP contribution in [-0.4, -0.2) is 31.0 Å². The fourth-order valence-electron chi connectivity index (χ4n) is 2.19. The second-order valence-electron chi connectivity index (χ2n) is 4.98. The maximum Gasteiger partial charge on any atom is 0.161 e. The van der Waals surface area contributed by atoms with Crippen LogP contribution in [0.2, 0.25) is 0 Å². The van der Waals surface area contributed by atoms with Crippen LogP contribution in [0.5, 0.6) is 11.5 Å². The van der Waals surface area contributed by atoms with E-state index in [2.05, 4.69) is 22.6 Å². The number of halogens is 1. The molecule has 1 aliphatic rings. The van der Waals surface area contributed by atoms with Crippen LogP contribution in [-0.2, 0) is 16.1 Å². The maximum absolute atomic E-state index is 5.79. The lowest BCUT2D eigenvalue weighted by atomic mass is 10.2. The number of alkyl halides is 1. The van der Waals surface area contributed by atoms with Gasteiger partial charge in [0.25, 0.3) is 0 Å². The van der Waals surface area contributed by atoms with Crippen molar-refractivity contribution in [2.45, 2.75) is 38.6 Å². The van der Waals surface area contributed by atoms with E-state index in [1.54, 1.807) is 7.11 Å². The van der Waals surface area contributed by atoms with Gasteiger partial charge in [-0.1, -0.05) is 28.7 Å². The molecule has 0 spiro atoms. The van der Waals surface area contributed by atoms with Gasteiger partial charge in [-0.15, -0.1) is 0 Å². The molecule has 1 atom stereocenters. The Kier molecular flexibility index (Phi) is 7.60. The van der Waals surface area contributed by atoms with E-state index in [9.17, 15) is 0 Å². The maximum atomic E-state index is 5.79. The fraction of sp³-hybridized carbons (Fsp3) is 0.625. The monoisotopic (exact) mass is 406 g/mol. The molecule has 4 nitrogen and oxygen atoms in total. The Hall–Kier alpha value is -0.530. The molecule has 1 unspecified atom stereocenters. The molecule has 118 valence electrons. The average Bonchev–Trinajstić information content (AvgIpc) is 2.55. The highest BCUT2D eigenvalue weighted by molar-refractivity contribution is 14.1. The van der Waals surface area contributed by atoms with Crippen molar-refractivity contribution in [3.63, 3.8) is 0 Å². The minimum Gasteiger partial charge on any atom is -0.493 e. The average molecular weight is 406 g/mol. The van der Waals surface area contributed by atoms with Gasteiger partial charge in [-0.05, 0) is 43.4 Å². The third kappa shape index (κ3) is 5.64. The topological polar surface area (TPSA) is 36.9 Å². The summed E-state index contributed by atoms with van der Waals surface area (Å²) in [6.45, 7) is 2.05. The zero-order valence-corrected chi connectivity index (χ0v) is 14.6. The van der Waals surface area contributed by atoms with Crippen LogP contribution in [0.25, 0.3) is 0 Å². The zero-order chi connectivity index (χ0) is 14.9. The molecule has 21 heavy (non-hydrogen) atoms. The molecule has 0 N–H and O–H groups in total. The van der Waals surface area contributed by atoms with E-state index in [0.29, 0.717) is 13.2 Å². The highest BCUT2D eigenvalue weighted by Gasteiger charge is 2.14. The fourth-order valence-corrected chi connectivity index (χ4v) is 2.50. The van der Waals surface area contributed by atoms with Crippen LogP contribution in [0, 0.1) is 0 Å². The van der Waals surface area contributed by atoms with Gasteiger partial charge >= 0.3 is 0 Å². The summed E-state index contributed by atoms with van der Waals surface area (Å²) in [5.41, 5.74) is 1.07. The van der Waals surface area contributed by atoms with E-state index in [4.69, 9.17) is 18.9 Å². The van der Waals surface area contributed by atoms with Crippen molar-refractivity contribution in [2.75, 3.05) is 24.8 Å². The third-order valence-corrected chi connectivity index (χ3v) is 4.10. The van der Waals surface area contributed by atoms with Crippen LogP contribution >= 0.6 is 22.6 Å². The van der Waals surface area contributed by atoms with E-state index in [1.165, 1.54) is 6.42 Å². The molecule has 0 bridgehead atoms. The Morgan fingerprint density at radius 3 is 2.90 bits per heavy atom. The van der Waals surface area contributed by atoms with Crippen molar-refractivity contribution in [2.24, 2.45) is 0 Å². The molecule has 0 radical (unpaired) electrons. The first kappa shape index (κ1) is 16.8. The summed E-state index contributed by atoms with van der Waals surface area (Å²) < 4.78 is 23.6. The third-order valence-electron chi connectivity index (χ3n) is 3.34. The van der Waals surface area contributed by atoms with E-state index in [-0.39, 0.29) is 6.29 Å². The van der Waals surface area contributed by atoms with Gasteiger partial charge in [-0.3, -0.25) is 0 Å². The second-order valence-corrected chi connectivity index (χ2v) is 6.06. The van der Waals surface area contributed by atoms with Crippen molar-refractivity contribution in [1.29, 1.82) is 0 Å². The van der Waals surface area contributed by atoms with E-state index >= 15 is 0 Å². The summed E-state index contributed by atoms with van der Waals surface area (Å²) in [5, 5.41) is 0. The number of ether oxygens (including phenoxy) is 4. The largest absolute Gasteiger partial charge is 0.493 e. The number of hydrogen-bond acceptors (Lipinski definition) is 4. The summed E-state index contributed by atoms with van der Waals surface area (Å²) in [7, 11) is 1.66. The van der Waals surface area contributed by atoms with Gasteiger partial charge in [0, 0.05) is 11.0 Å². The highest BCUT2D eigenvalue weighted by atomic mass is 127. The van der Waals surface area contributed by atoms with Crippen LogP contribution in [0.4, 0.5) is 0 Å². The smallest absolute Gasteiger partial charge is 0.161 e. The van der Waals surface area contributed by atoms with Gasteiger partial charge in [-0.2, -0.15) is 0 Å². The van der Waals surface area contributed by atoms with E-state index < -0.39 is 0 Å². The number of benzene rings is 1. The minimum atomic E-state index is -0.0654. The summed E-state index contributed by atoms with van der Waals surface area (Å²) in [6, 6.07) is 5.94. The Morgan fingerprint density at radius 1 is 1.29 bits per heavy atom. The van der Waals surface area contributed by atoms with Gasteiger partial charge in [0.1, 0.15) is 0 Å². The zero-order valence-electron chi connectivity index (χ0n) is 12.5. The molecule has 1 fully saturated rings. The van der Waals surface area contributed by atoms with Crippen LogP contribution < -0.4 is 9.47 Å². The summed E-state index contributed by atoms with van der Waals surface area (Å²) in [5.74, 6) is 1.55. The predicted molar refractivity (Wildman–Crippen MR) is 90.4 cm³/mol. The molecule has 5 heteroatoms. The Balaban J connectivity index is 1.88. The summed E-state index contributed by atoms with van der Waals surface area (Å²) in [4.78, 5) is 0. The first-order valence-electron chi connectivity index (χ1n) is 7.42. The SMILES string of the molecule is COc1cc(COC2CCCCO2)ccc1OCCCI. The van der Waals surface area contributed by atoms with Gasteiger partial charge in [0.2, 0.25) is 0 Å². The molecule has 0 aliphatic carbocycles. The number of methoxy groups -OCH3 is 1. The lowest BCUT2D eigenvalue weighted by molar-refractivity contribution is -0.168. The molecule has 1 saturated heterocycles. The van der Waals surface area contributed by atoms with Crippen molar-refractivity contribution in [1.82, 2.24) is 0 Å². The molecule has 0 amide bonds. The van der Waals surface area contributed by atoms with Gasteiger partial charge in [0.15, 0.2) is 17.8 Å². The number of hydrogen-bond donors (Lipinski definition) is 0. The first-order chi connectivity index (χ1) is 10.3. The Labute approximate surface area is 140 Å². The second kappa shape index (κ2) is 9.48. The standard InChI is InChI=1S/C16H23IO4/c1-18-15-11-13(6-7-14(15)19-10-4-8-17)12-21-16-5-2-3-9-20-16/h6-7,11,16H,2-5,8-10,12H2,1H3. The Morgan fingerprint density at radius 2 is 2.19 bits per heavy atom. The molecular formula is C16H23IO4. The Bertz CT molecular complexity index is 419. The highest BCUT2D eigenvalue weighted by Crippen LogP contribution is 2.29. The van der Waals surface area contributed by atoms with Crippen molar-refractivity contribution >= 4 is 22.6 Å². The molecule has 1 aromatic carbocycles. The van der Waals surface area contributed by atoms with Gasteiger partial charge < -0.3 is 18.9 Å². The molecule has 1 heterocycles. The molecular weight excluding hydrogens is 383 g/mol. The lowest BCUT2D eigenvalue weighted by Crippen LogP contribution is -2.22. The van der Waals surface area contributed by atoms with Crippen molar-refractivity contribution in [3.05, 3.63) is 23.8 Å². The van der Waals surface area contributed by atoms with Crippen LogP contribution in [0.15, 0.2) is 18.2 Å². The first-order valence-corrected chi connectivity index (χ1v) is 8.95. The lowest BCUT2D eigenvalue weighted by Gasteiger charge is -2.22. The summed E-state index contributed by atoms with van der Waals surface area (Å²) in [6.07, 6.45) is 4.26. The molecule has 2 rings (SSSR count). The minimum absolute atomic E-state index is 0.0654. The van der Waals surface area contributed by atoms with Crippen molar-refractivity contribution in [3.8, 4) is 11.5 Å². The molecule has 1 aromatic rings. The van der Waals surface area contributed by atoms with Gasteiger partial charge in [-0.25, -0.2) is 0 Å². The normalized spacial score (nSPS) is 18.5. The number of rotatable bonds is 8. The quantitative estimate of drug-likeness (QED) is 0.372. The predicted octanol–water partition coefficient (Wildman–Crippen LogP) is 3.94. The van der Waals surface area contributed by atoms with Crippen molar-refractivity contribution < 1.29 is 18.9 Å². The molecule has 0 saturated carbocycles. The van der Waals surface area contributed by atoms with Crippen LogP contribution in [0.1, 0.15) is 31.2 Å². The molecule has 0 aromatic heterocycles. The van der Waals surface area contributed by atoms with Gasteiger partial charge in [0.05, 0.1) is 20.3 Å². The van der Waals surface area contributed by atoms with Crippen LogP contribution in [0.3, 0.4) is 0 Å². The molecule has 1 aliphatic heterocycles. The van der Waals surface area contributed by atoms with E-state index in [1.807, 2.05) is 18.2 Å². The van der Waals surface area contributed by atoms with E-state index in [0.717, 1.165) is 47.4 Å². The summed E-state index contributed by atoms with van der Waals surface area (Å²) >= 11 is 2.35.